The van der Waals surface area contributed by atoms with Gasteiger partial charge in [-0.05, 0) is 18.1 Å². The Morgan fingerprint density at radius 1 is 1.05 bits per heavy atom. The van der Waals surface area contributed by atoms with E-state index in [1.165, 1.54) is 0 Å². The van der Waals surface area contributed by atoms with Crippen LogP contribution in [0.5, 0.6) is 0 Å². The molecular formula is C18H17NO. The number of rotatable bonds is 2. The topological polar surface area (TPSA) is 43.1 Å². The lowest BCUT2D eigenvalue weighted by molar-refractivity contribution is -0.114. The third-order valence-corrected chi connectivity index (χ3v) is 3.82. The van der Waals surface area contributed by atoms with Gasteiger partial charge in [-0.1, -0.05) is 60.2 Å². The highest BCUT2D eigenvalue weighted by Crippen LogP contribution is 2.38. The molecule has 0 aromatic heterocycles. The predicted octanol–water partition coefficient (Wildman–Crippen LogP) is 3.42. The fourth-order valence-corrected chi connectivity index (χ4v) is 2.83. The van der Waals surface area contributed by atoms with E-state index < -0.39 is 0 Å². The van der Waals surface area contributed by atoms with Crippen LogP contribution in [0.25, 0.3) is 5.57 Å². The molecule has 3 rings (SSSR count). The molecule has 2 heteroatoms. The highest BCUT2D eigenvalue weighted by atomic mass is 16.1. The fourth-order valence-electron chi connectivity index (χ4n) is 2.83. The predicted molar refractivity (Wildman–Crippen MR) is 81.1 cm³/mol. The number of carbonyl (C=O) groups is 1. The average Bonchev–Trinajstić information content (AvgIpc) is 2.75. The quantitative estimate of drug-likeness (QED) is 0.902. The Balaban J connectivity index is 1.98. The van der Waals surface area contributed by atoms with Crippen molar-refractivity contribution in [2.45, 2.75) is 19.3 Å². The highest BCUT2D eigenvalue weighted by Gasteiger charge is 2.33. The molecule has 2 aromatic rings. The normalized spacial score (nSPS) is 18.6. The molecule has 1 aliphatic rings. The number of carbonyl (C=O) groups excluding carboxylic acids is 1. The molecule has 2 N–H and O–H groups in total. The van der Waals surface area contributed by atoms with Gasteiger partial charge in [0.15, 0.2) is 5.78 Å². The molecule has 20 heavy (non-hydrogen) atoms. The van der Waals surface area contributed by atoms with E-state index >= 15 is 0 Å². The minimum Gasteiger partial charge on any atom is -0.401 e. The van der Waals surface area contributed by atoms with Crippen LogP contribution in [0, 0.1) is 6.92 Å². The van der Waals surface area contributed by atoms with E-state index in [0.717, 1.165) is 16.7 Å². The van der Waals surface area contributed by atoms with Crippen molar-refractivity contribution in [2.75, 3.05) is 0 Å². The SMILES string of the molecule is Cc1cccc(C2=C(N)CC(c3ccccc3)C2=O)c1. The number of Topliss-reactive ketones (excluding diaryl/α,β-unsaturated/α-hetero) is 1. The molecule has 1 aliphatic carbocycles. The molecule has 0 fully saturated rings. The van der Waals surface area contributed by atoms with Crippen molar-refractivity contribution >= 4 is 11.4 Å². The molecule has 1 unspecified atom stereocenters. The van der Waals surface area contributed by atoms with Gasteiger partial charge in [0.2, 0.25) is 0 Å². The Hall–Kier alpha value is -2.35. The van der Waals surface area contributed by atoms with Crippen LogP contribution in [-0.2, 0) is 4.79 Å². The summed E-state index contributed by atoms with van der Waals surface area (Å²) in [7, 11) is 0. The third-order valence-electron chi connectivity index (χ3n) is 3.82. The Labute approximate surface area is 118 Å². The van der Waals surface area contributed by atoms with Crippen molar-refractivity contribution < 1.29 is 4.79 Å². The molecule has 2 nitrogen and oxygen atoms in total. The Morgan fingerprint density at radius 2 is 1.80 bits per heavy atom. The van der Waals surface area contributed by atoms with Crippen molar-refractivity contribution in [3.8, 4) is 0 Å². The van der Waals surface area contributed by atoms with Crippen LogP contribution >= 0.6 is 0 Å². The largest absolute Gasteiger partial charge is 0.401 e. The van der Waals surface area contributed by atoms with Crippen LogP contribution < -0.4 is 5.73 Å². The first-order valence-corrected chi connectivity index (χ1v) is 6.81. The van der Waals surface area contributed by atoms with E-state index in [0.29, 0.717) is 17.7 Å². The summed E-state index contributed by atoms with van der Waals surface area (Å²) in [5.41, 5.74) is 10.7. The molecular weight excluding hydrogens is 246 g/mol. The van der Waals surface area contributed by atoms with E-state index in [4.69, 9.17) is 5.73 Å². The lowest BCUT2D eigenvalue weighted by Gasteiger charge is -2.09. The summed E-state index contributed by atoms with van der Waals surface area (Å²) in [6.07, 6.45) is 0.617. The lowest BCUT2D eigenvalue weighted by atomic mass is 9.92. The molecule has 0 aliphatic heterocycles. The summed E-state index contributed by atoms with van der Waals surface area (Å²) in [4.78, 5) is 12.7. The van der Waals surface area contributed by atoms with Gasteiger partial charge in [0.1, 0.15) is 0 Å². The zero-order chi connectivity index (χ0) is 14.1. The van der Waals surface area contributed by atoms with Crippen molar-refractivity contribution in [1.82, 2.24) is 0 Å². The van der Waals surface area contributed by atoms with Crippen molar-refractivity contribution in [1.29, 1.82) is 0 Å². The van der Waals surface area contributed by atoms with Gasteiger partial charge in [0, 0.05) is 17.7 Å². The molecule has 0 saturated carbocycles. The first-order chi connectivity index (χ1) is 9.66. The second kappa shape index (κ2) is 4.97. The van der Waals surface area contributed by atoms with Crippen LogP contribution in [0.2, 0.25) is 0 Å². The minimum atomic E-state index is -0.133. The molecule has 2 aromatic carbocycles. The molecule has 0 bridgehead atoms. The maximum Gasteiger partial charge on any atom is 0.173 e. The number of hydrogen-bond acceptors (Lipinski definition) is 2. The van der Waals surface area contributed by atoms with E-state index in [-0.39, 0.29) is 11.7 Å². The maximum absolute atomic E-state index is 12.7. The van der Waals surface area contributed by atoms with E-state index in [2.05, 4.69) is 0 Å². The van der Waals surface area contributed by atoms with Gasteiger partial charge in [-0.15, -0.1) is 0 Å². The molecule has 0 spiro atoms. The second-order valence-corrected chi connectivity index (χ2v) is 5.30. The summed E-state index contributed by atoms with van der Waals surface area (Å²) in [6.45, 7) is 2.02. The van der Waals surface area contributed by atoms with Crippen LogP contribution in [0.1, 0.15) is 29.0 Å². The minimum absolute atomic E-state index is 0.133. The monoisotopic (exact) mass is 263 g/mol. The smallest absolute Gasteiger partial charge is 0.173 e. The number of ketones is 1. The van der Waals surface area contributed by atoms with Crippen LogP contribution in [0.15, 0.2) is 60.3 Å². The van der Waals surface area contributed by atoms with E-state index in [9.17, 15) is 4.79 Å². The van der Waals surface area contributed by atoms with Crippen LogP contribution in [-0.4, -0.2) is 5.78 Å². The van der Waals surface area contributed by atoms with Crippen molar-refractivity contribution in [3.63, 3.8) is 0 Å². The first kappa shape index (κ1) is 12.7. The summed E-state index contributed by atoms with van der Waals surface area (Å²) < 4.78 is 0. The van der Waals surface area contributed by atoms with Crippen LogP contribution in [0.4, 0.5) is 0 Å². The molecule has 0 saturated heterocycles. The molecule has 1 atom stereocenters. The van der Waals surface area contributed by atoms with Gasteiger partial charge < -0.3 is 5.73 Å². The average molecular weight is 263 g/mol. The second-order valence-electron chi connectivity index (χ2n) is 5.30. The summed E-state index contributed by atoms with van der Waals surface area (Å²) in [5.74, 6) is 0.00557. The van der Waals surface area contributed by atoms with Crippen LogP contribution in [0.3, 0.4) is 0 Å². The highest BCUT2D eigenvalue weighted by molar-refractivity contribution is 6.26. The van der Waals surface area contributed by atoms with Gasteiger partial charge in [-0.3, -0.25) is 4.79 Å². The summed E-state index contributed by atoms with van der Waals surface area (Å²) >= 11 is 0. The molecule has 0 amide bonds. The zero-order valence-electron chi connectivity index (χ0n) is 11.5. The Morgan fingerprint density at radius 3 is 2.50 bits per heavy atom. The lowest BCUT2D eigenvalue weighted by Crippen LogP contribution is -2.08. The maximum atomic E-state index is 12.7. The summed E-state index contributed by atoms with van der Waals surface area (Å²) in [6, 6.07) is 17.8. The van der Waals surface area contributed by atoms with Crippen molar-refractivity contribution in [3.05, 3.63) is 77.0 Å². The standard InChI is InChI=1S/C18H17NO/c1-12-6-5-9-14(10-12)17-16(19)11-15(18(17)20)13-7-3-2-4-8-13/h2-10,15H,11,19H2,1H3. The zero-order valence-corrected chi connectivity index (χ0v) is 11.5. The van der Waals surface area contributed by atoms with Gasteiger partial charge in [0.05, 0.1) is 5.92 Å². The van der Waals surface area contributed by atoms with Gasteiger partial charge in [-0.2, -0.15) is 0 Å². The molecule has 100 valence electrons. The Kier molecular flexibility index (Phi) is 3.15. The van der Waals surface area contributed by atoms with Gasteiger partial charge in [0.25, 0.3) is 0 Å². The van der Waals surface area contributed by atoms with Crippen molar-refractivity contribution in [2.24, 2.45) is 5.73 Å². The number of allylic oxidation sites excluding steroid dienone is 2. The first-order valence-electron chi connectivity index (χ1n) is 6.81. The van der Waals surface area contributed by atoms with Gasteiger partial charge >= 0.3 is 0 Å². The number of aryl methyl sites for hydroxylation is 1. The van der Waals surface area contributed by atoms with E-state index in [1.54, 1.807) is 0 Å². The number of hydrogen-bond donors (Lipinski definition) is 1. The van der Waals surface area contributed by atoms with Gasteiger partial charge in [-0.25, -0.2) is 0 Å². The third kappa shape index (κ3) is 2.14. The fraction of sp³-hybridized carbons (Fsp3) is 0.167. The summed E-state index contributed by atoms with van der Waals surface area (Å²) in [5, 5.41) is 0. The molecule has 0 heterocycles. The molecule has 0 radical (unpaired) electrons. The number of benzene rings is 2. The van der Waals surface area contributed by atoms with E-state index in [1.807, 2.05) is 61.5 Å². The Bertz CT molecular complexity index is 686. The number of nitrogens with two attached hydrogens (primary N) is 1.